The zero-order valence-corrected chi connectivity index (χ0v) is 11.9. The molecule has 106 valence electrons. The Bertz CT molecular complexity index is 240. The highest BCUT2D eigenvalue weighted by Gasteiger charge is 2.17. The van der Waals surface area contributed by atoms with E-state index in [0.717, 1.165) is 26.1 Å². The van der Waals surface area contributed by atoms with Crippen molar-refractivity contribution in [2.45, 2.75) is 39.5 Å². The van der Waals surface area contributed by atoms with E-state index in [4.69, 9.17) is 5.11 Å². The van der Waals surface area contributed by atoms with E-state index in [9.17, 15) is 4.79 Å². The van der Waals surface area contributed by atoms with Crippen LogP contribution in [0.4, 0.5) is 0 Å². The number of nitrogens with zero attached hydrogens (tertiary/aromatic N) is 2. The van der Waals surface area contributed by atoms with Crippen molar-refractivity contribution in [2.75, 3.05) is 39.3 Å². The van der Waals surface area contributed by atoms with Crippen LogP contribution < -0.4 is 0 Å². The van der Waals surface area contributed by atoms with Gasteiger partial charge in [-0.3, -0.25) is 4.79 Å². The molecule has 0 bridgehead atoms. The van der Waals surface area contributed by atoms with Gasteiger partial charge in [0.25, 0.3) is 0 Å². The Morgan fingerprint density at radius 3 is 2.56 bits per heavy atom. The highest BCUT2D eigenvalue weighted by molar-refractivity contribution is 5.69. The van der Waals surface area contributed by atoms with Crippen molar-refractivity contribution in [3.8, 4) is 0 Å². The van der Waals surface area contributed by atoms with Crippen LogP contribution in [0.2, 0.25) is 0 Å². The zero-order chi connectivity index (χ0) is 13.4. The van der Waals surface area contributed by atoms with Crippen LogP contribution in [0.1, 0.15) is 39.5 Å². The second-order valence-corrected chi connectivity index (χ2v) is 5.44. The molecule has 1 unspecified atom stereocenters. The molecule has 1 rings (SSSR count). The third-order valence-corrected chi connectivity index (χ3v) is 3.71. The summed E-state index contributed by atoms with van der Waals surface area (Å²) in [5.41, 5.74) is 0. The molecule has 0 aromatic heterocycles. The Kier molecular flexibility index (Phi) is 7.28. The smallest absolute Gasteiger partial charge is 0.307 e. The summed E-state index contributed by atoms with van der Waals surface area (Å²) >= 11 is 0. The van der Waals surface area contributed by atoms with Gasteiger partial charge in [0.15, 0.2) is 0 Å². The topological polar surface area (TPSA) is 43.8 Å². The van der Waals surface area contributed by atoms with Crippen LogP contribution >= 0.6 is 0 Å². The van der Waals surface area contributed by atoms with Gasteiger partial charge in [0.05, 0.1) is 5.92 Å². The van der Waals surface area contributed by atoms with Gasteiger partial charge in [0, 0.05) is 19.6 Å². The summed E-state index contributed by atoms with van der Waals surface area (Å²) in [5, 5.41) is 9.00. The van der Waals surface area contributed by atoms with Crippen LogP contribution in [0.3, 0.4) is 0 Å². The Morgan fingerprint density at radius 1 is 1.33 bits per heavy atom. The van der Waals surface area contributed by atoms with Gasteiger partial charge in [-0.05, 0) is 38.9 Å². The number of aliphatic carboxylic acids is 1. The molecule has 1 fully saturated rings. The predicted octanol–water partition coefficient (Wildman–Crippen LogP) is 1.91. The fourth-order valence-corrected chi connectivity index (χ4v) is 2.43. The van der Waals surface area contributed by atoms with E-state index in [1.807, 2.05) is 0 Å². The number of carboxylic acids is 1. The molecule has 1 aliphatic heterocycles. The van der Waals surface area contributed by atoms with Gasteiger partial charge in [-0.25, -0.2) is 0 Å². The Labute approximate surface area is 111 Å². The van der Waals surface area contributed by atoms with Crippen LogP contribution in [-0.4, -0.2) is 60.1 Å². The van der Waals surface area contributed by atoms with Crippen molar-refractivity contribution in [3.63, 3.8) is 0 Å². The van der Waals surface area contributed by atoms with Gasteiger partial charge in [0.2, 0.25) is 0 Å². The van der Waals surface area contributed by atoms with Gasteiger partial charge < -0.3 is 14.9 Å². The van der Waals surface area contributed by atoms with E-state index in [0.29, 0.717) is 6.54 Å². The van der Waals surface area contributed by atoms with Crippen LogP contribution in [0.25, 0.3) is 0 Å². The number of carboxylic acid groups (broad SMARTS) is 1. The minimum absolute atomic E-state index is 0.263. The first kappa shape index (κ1) is 15.4. The van der Waals surface area contributed by atoms with Gasteiger partial charge in [-0.1, -0.05) is 20.3 Å². The lowest BCUT2D eigenvalue weighted by Gasteiger charge is -2.26. The predicted molar refractivity (Wildman–Crippen MR) is 73.8 cm³/mol. The maximum atomic E-state index is 10.9. The van der Waals surface area contributed by atoms with Gasteiger partial charge in [-0.15, -0.1) is 0 Å². The molecule has 0 radical (unpaired) electrons. The molecule has 4 heteroatoms. The average molecular weight is 256 g/mol. The molecule has 18 heavy (non-hydrogen) atoms. The average Bonchev–Trinajstić information content (AvgIpc) is 2.85. The Morgan fingerprint density at radius 2 is 2.00 bits per heavy atom. The Hall–Kier alpha value is -0.610. The summed E-state index contributed by atoms with van der Waals surface area (Å²) in [4.78, 5) is 15.7. The second-order valence-electron chi connectivity index (χ2n) is 5.44. The molecule has 1 aliphatic rings. The van der Waals surface area contributed by atoms with E-state index in [1.54, 1.807) is 6.92 Å². The van der Waals surface area contributed by atoms with E-state index >= 15 is 0 Å². The largest absolute Gasteiger partial charge is 0.481 e. The van der Waals surface area contributed by atoms with Crippen molar-refractivity contribution >= 4 is 5.97 Å². The summed E-state index contributed by atoms with van der Waals surface area (Å²) in [7, 11) is 0. The molecule has 0 saturated carbocycles. The first-order valence-corrected chi connectivity index (χ1v) is 7.31. The molecule has 0 aromatic rings. The lowest BCUT2D eigenvalue weighted by atomic mass is 10.1. The number of unbranched alkanes of at least 4 members (excludes halogenated alkanes) is 1. The number of likely N-dealkylation sites (tertiary alicyclic amines) is 1. The van der Waals surface area contributed by atoms with E-state index in [-0.39, 0.29) is 5.92 Å². The fourth-order valence-electron chi connectivity index (χ4n) is 2.43. The number of rotatable bonds is 9. The van der Waals surface area contributed by atoms with Crippen molar-refractivity contribution < 1.29 is 9.90 Å². The molecule has 1 heterocycles. The standard InChI is InChI=1S/C14H28N2O2/c1-3-4-7-16(12-13(2)14(17)18)11-10-15-8-5-6-9-15/h13H,3-12H2,1-2H3,(H,17,18). The summed E-state index contributed by atoms with van der Waals surface area (Å²) in [6.07, 6.45) is 4.97. The van der Waals surface area contributed by atoms with Gasteiger partial charge in [-0.2, -0.15) is 0 Å². The van der Waals surface area contributed by atoms with E-state index in [1.165, 1.54) is 32.4 Å². The molecule has 1 atom stereocenters. The van der Waals surface area contributed by atoms with Crippen LogP contribution in [-0.2, 0) is 4.79 Å². The normalized spacial score (nSPS) is 18.4. The highest BCUT2D eigenvalue weighted by atomic mass is 16.4. The van der Waals surface area contributed by atoms with Crippen molar-refractivity contribution in [2.24, 2.45) is 5.92 Å². The number of hydrogen-bond acceptors (Lipinski definition) is 3. The second kappa shape index (κ2) is 8.48. The molecule has 1 N–H and O–H groups in total. The van der Waals surface area contributed by atoms with Gasteiger partial charge >= 0.3 is 5.97 Å². The highest BCUT2D eigenvalue weighted by Crippen LogP contribution is 2.08. The van der Waals surface area contributed by atoms with Crippen LogP contribution in [0.15, 0.2) is 0 Å². The maximum absolute atomic E-state index is 10.9. The fraction of sp³-hybridized carbons (Fsp3) is 0.929. The van der Waals surface area contributed by atoms with Crippen LogP contribution in [0, 0.1) is 5.92 Å². The lowest BCUT2D eigenvalue weighted by molar-refractivity contribution is -0.141. The zero-order valence-electron chi connectivity index (χ0n) is 11.9. The number of hydrogen-bond donors (Lipinski definition) is 1. The number of carbonyl (C=O) groups is 1. The van der Waals surface area contributed by atoms with Crippen molar-refractivity contribution in [1.29, 1.82) is 0 Å². The molecule has 1 saturated heterocycles. The first-order chi connectivity index (χ1) is 8.63. The van der Waals surface area contributed by atoms with Crippen molar-refractivity contribution in [3.05, 3.63) is 0 Å². The molecule has 4 nitrogen and oxygen atoms in total. The molecule has 0 aliphatic carbocycles. The van der Waals surface area contributed by atoms with Crippen molar-refractivity contribution in [1.82, 2.24) is 9.80 Å². The summed E-state index contributed by atoms with van der Waals surface area (Å²) in [6.45, 7) is 10.2. The maximum Gasteiger partial charge on any atom is 0.307 e. The summed E-state index contributed by atoms with van der Waals surface area (Å²) < 4.78 is 0. The molecule has 0 spiro atoms. The molecule has 0 amide bonds. The Balaban J connectivity index is 2.31. The molecular formula is C14H28N2O2. The quantitative estimate of drug-likeness (QED) is 0.684. The third-order valence-electron chi connectivity index (χ3n) is 3.71. The van der Waals surface area contributed by atoms with E-state index < -0.39 is 5.97 Å². The molecular weight excluding hydrogens is 228 g/mol. The molecule has 0 aromatic carbocycles. The summed E-state index contributed by atoms with van der Waals surface area (Å²) in [6, 6.07) is 0. The minimum atomic E-state index is -0.683. The lowest BCUT2D eigenvalue weighted by Crippen LogP contribution is -2.38. The SMILES string of the molecule is CCCCN(CCN1CCCC1)CC(C)C(=O)O. The first-order valence-electron chi connectivity index (χ1n) is 7.31. The van der Waals surface area contributed by atoms with E-state index in [2.05, 4.69) is 16.7 Å². The monoisotopic (exact) mass is 256 g/mol. The third kappa shape index (κ3) is 5.83. The van der Waals surface area contributed by atoms with Crippen LogP contribution in [0.5, 0.6) is 0 Å². The summed E-state index contributed by atoms with van der Waals surface area (Å²) in [5.74, 6) is -0.946. The van der Waals surface area contributed by atoms with Gasteiger partial charge in [0.1, 0.15) is 0 Å². The minimum Gasteiger partial charge on any atom is -0.481 e.